The Morgan fingerprint density at radius 2 is 1.79 bits per heavy atom. The minimum Gasteiger partial charge on any atom is -0.465 e. The van der Waals surface area contributed by atoms with E-state index in [4.69, 9.17) is 4.74 Å². The number of anilines is 1. The Morgan fingerprint density at radius 3 is 2.38 bits per heavy atom. The number of unbranched alkanes of at least 4 members (excludes halogenated alkanes) is 6. The van der Waals surface area contributed by atoms with Crippen LogP contribution in [0, 0.1) is 18.3 Å². The molecule has 6 heteroatoms. The summed E-state index contributed by atoms with van der Waals surface area (Å²) in [6.45, 7) is 3.88. The first-order valence-electron chi connectivity index (χ1n) is 8.46. The molecule has 24 heavy (non-hydrogen) atoms. The number of nitriles is 1. The number of nitrogens with zero attached hydrogens (tertiary/aromatic N) is 1. The van der Waals surface area contributed by atoms with Crippen LogP contribution in [0.25, 0.3) is 0 Å². The number of esters is 1. The highest BCUT2D eigenvalue weighted by Gasteiger charge is 2.21. The highest BCUT2D eigenvalue weighted by molar-refractivity contribution is 7.18. The van der Waals surface area contributed by atoms with E-state index in [0.717, 1.165) is 30.6 Å². The van der Waals surface area contributed by atoms with Gasteiger partial charge in [-0.25, -0.2) is 4.79 Å². The third-order valence-corrected chi connectivity index (χ3v) is 5.08. The second kappa shape index (κ2) is 10.8. The summed E-state index contributed by atoms with van der Waals surface area (Å²) in [5.74, 6) is -0.598. The third kappa shape index (κ3) is 5.97. The van der Waals surface area contributed by atoms with Crippen LogP contribution in [0.1, 0.15) is 79.1 Å². The Balaban J connectivity index is 2.50. The fraction of sp³-hybridized carbons (Fsp3) is 0.611. The van der Waals surface area contributed by atoms with Crippen molar-refractivity contribution in [2.75, 3.05) is 12.4 Å². The number of carbonyl (C=O) groups is 2. The van der Waals surface area contributed by atoms with Crippen LogP contribution in [-0.4, -0.2) is 19.0 Å². The first kappa shape index (κ1) is 20.2. The topological polar surface area (TPSA) is 79.2 Å². The van der Waals surface area contributed by atoms with E-state index >= 15 is 0 Å². The van der Waals surface area contributed by atoms with Gasteiger partial charge in [0.1, 0.15) is 15.9 Å². The lowest BCUT2D eigenvalue weighted by atomic mass is 10.1. The predicted molar refractivity (Wildman–Crippen MR) is 96.4 cm³/mol. The molecular weight excluding hydrogens is 324 g/mol. The average Bonchev–Trinajstić information content (AvgIpc) is 2.88. The molecule has 1 rings (SSSR count). The first-order chi connectivity index (χ1) is 11.5. The first-order valence-corrected chi connectivity index (χ1v) is 9.28. The van der Waals surface area contributed by atoms with Gasteiger partial charge in [0.15, 0.2) is 0 Å². The van der Waals surface area contributed by atoms with E-state index < -0.39 is 5.97 Å². The fourth-order valence-corrected chi connectivity index (χ4v) is 3.55. The Hall–Kier alpha value is -1.87. The maximum absolute atomic E-state index is 12.0. The largest absolute Gasteiger partial charge is 0.465 e. The highest BCUT2D eigenvalue weighted by Crippen LogP contribution is 2.33. The van der Waals surface area contributed by atoms with Crippen molar-refractivity contribution in [1.29, 1.82) is 5.26 Å². The molecule has 132 valence electrons. The van der Waals surface area contributed by atoms with E-state index in [2.05, 4.69) is 18.3 Å². The minimum atomic E-state index is -0.485. The van der Waals surface area contributed by atoms with Gasteiger partial charge in [0.05, 0.1) is 12.7 Å². The number of thiophene rings is 1. The van der Waals surface area contributed by atoms with Crippen LogP contribution in [-0.2, 0) is 9.53 Å². The Kier molecular flexibility index (Phi) is 9.10. The van der Waals surface area contributed by atoms with E-state index in [1.807, 2.05) is 0 Å². The van der Waals surface area contributed by atoms with Crippen LogP contribution < -0.4 is 5.32 Å². The lowest BCUT2D eigenvalue weighted by Gasteiger charge is -2.04. The zero-order chi connectivity index (χ0) is 17.9. The van der Waals surface area contributed by atoms with Gasteiger partial charge in [-0.15, -0.1) is 11.3 Å². The summed E-state index contributed by atoms with van der Waals surface area (Å²) in [7, 11) is 1.30. The fourth-order valence-electron chi connectivity index (χ4n) is 2.46. The summed E-state index contributed by atoms with van der Waals surface area (Å²) in [5.41, 5.74) is 0.897. The molecule has 0 aliphatic heterocycles. The molecule has 0 radical (unpaired) electrons. The Morgan fingerprint density at radius 1 is 1.17 bits per heavy atom. The van der Waals surface area contributed by atoms with Gasteiger partial charge in [-0.1, -0.05) is 45.4 Å². The maximum atomic E-state index is 12.0. The number of methoxy groups -OCH3 is 1. The van der Waals surface area contributed by atoms with Crippen molar-refractivity contribution in [2.45, 2.75) is 65.2 Å². The molecule has 0 aliphatic carbocycles. The van der Waals surface area contributed by atoms with Gasteiger partial charge in [-0.05, 0) is 18.9 Å². The molecule has 0 spiro atoms. The molecule has 1 aromatic rings. The Labute approximate surface area is 148 Å². The van der Waals surface area contributed by atoms with Gasteiger partial charge in [0.25, 0.3) is 0 Å². The molecule has 0 fully saturated rings. The molecular formula is C18H26N2O3S. The molecule has 0 bridgehead atoms. The van der Waals surface area contributed by atoms with E-state index in [1.165, 1.54) is 32.8 Å². The molecule has 0 aromatic carbocycles. The molecule has 1 N–H and O–H groups in total. The molecule has 1 amide bonds. The van der Waals surface area contributed by atoms with Crippen molar-refractivity contribution >= 4 is 28.2 Å². The summed E-state index contributed by atoms with van der Waals surface area (Å²) >= 11 is 1.10. The smallest absolute Gasteiger partial charge is 0.348 e. The molecule has 0 saturated carbocycles. The van der Waals surface area contributed by atoms with Crippen LogP contribution in [0.15, 0.2) is 0 Å². The van der Waals surface area contributed by atoms with E-state index in [9.17, 15) is 14.9 Å². The number of rotatable bonds is 10. The van der Waals surface area contributed by atoms with Crippen LogP contribution in [0.3, 0.4) is 0 Å². The summed E-state index contributed by atoms with van der Waals surface area (Å²) in [6.07, 6.45) is 8.46. The molecule has 0 unspecified atom stereocenters. The molecule has 5 nitrogen and oxygen atoms in total. The summed E-state index contributed by atoms with van der Waals surface area (Å²) < 4.78 is 4.70. The summed E-state index contributed by atoms with van der Waals surface area (Å²) in [6, 6.07) is 2.05. The number of carbonyl (C=O) groups excluding carboxylic acids is 2. The number of nitrogens with one attached hydrogen (secondary N) is 1. The Bertz CT molecular complexity index is 602. The normalized spacial score (nSPS) is 10.2. The lowest BCUT2D eigenvalue weighted by Crippen LogP contribution is -2.10. The van der Waals surface area contributed by atoms with Crippen molar-refractivity contribution in [1.82, 2.24) is 0 Å². The number of hydrogen-bond donors (Lipinski definition) is 1. The van der Waals surface area contributed by atoms with Gasteiger partial charge >= 0.3 is 5.97 Å². The lowest BCUT2D eigenvalue weighted by molar-refractivity contribution is -0.116. The SMILES string of the molecule is CCCCCCCCCC(=O)Nc1sc(C(=O)OC)c(C)c1C#N. The average molecular weight is 350 g/mol. The second-order valence-corrected chi connectivity index (χ2v) is 6.80. The van der Waals surface area contributed by atoms with Crippen LogP contribution >= 0.6 is 11.3 Å². The molecule has 1 heterocycles. The summed E-state index contributed by atoms with van der Waals surface area (Å²) in [4.78, 5) is 24.1. The van der Waals surface area contributed by atoms with Crippen LogP contribution in [0.4, 0.5) is 5.00 Å². The quantitative estimate of drug-likeness (QED) is 0.486. The van der Waals surface area contributed by atoms with Crippen molar-refractivity contribution in [3.8, 4) is 6.07 Å². The van der Waals surface area contributed by atoms with E-state index in [0.29, 0.717) is 27.4 Å². The monoisotopic (exact) mass is 350 g/mol. The number of ether oxygens (including phenoxy) is 1. The van der Waals surface area contributed by atoms with Gasteiger partial charge < -0.3 is 10.1 Å². The number of hydrogen-bond acceptors (Lipinski definition) is 5. The van der Waals surface area contributed by atoms with E-state index in [1.54, 1.807) is 6.92 Å². The zero-order valence-electron chi connectivity index (χ0n) is 14.7. The third-order valence-electron chi connectivity index (χ3n) is 3.89. The number of amides is 1. The summed E-state index contributed by atoms with van der Waals surface area (Å²) in [5, 5.41) is 12.4. The maximum Gasteiger partial charge on any atom is 0.348 e. The van der Waals surface area contributed by atoms with Gasteiger partial charge in [-0.3, -0.25) is 4.79 Å². The van der Waals surface area contributed by atoms with Crippen LogP contribution in [0.5, 0.6) is 0 Å². The van der Waals surface area contributed by atoms with Crippen molar-refractivity contribution < 1.29 is 14.3 Å². The van der Waals surface area contributed by atoms with Crippen molar-refractivity contribution in [2.24, 2.45) is 0 Å². The van der Waals surface area contributed by atoms with Gasteiger partial charge in [0, 0.05) is 6.42 Å². The van der Waals surface area contributed by atoms with Crippen LogP contribution in [0.2, 0.25) is 0 Å². The predicted octanol–water partition coefficient (Wildman–Crippen LogP) is 4.79. The van der Waals surface area contributed by atoms with Crippen molar-refractivity contribution in [3.05, 3.63) is 16.0 Å². The van der Waals surface area contributed by atoms with E-state index in [-0.39, 0.29) is 5.91 Å². The second-order valence-electron chi connectivity index (χ2n) is 5.78. The van der Waals surface area contributed by atoms with Crippen molar-refractivity contribution in [3.63, 3.8) is 0 Å². The zero-order valence-corrected chi connectivity index (χ0v) is 15.6. The minimum absolute atomic E-state index is 0.113. The molecule has 0 aliphatic rings. The molecule has 0 atom stereocenters. The van der Waals surface area contributed by atoms with Gasteiger partial charge in [-0.2, -0.15) is 5.26 Å². The molecule has 0 saturated heterocycles. The standard InChI is InChI=1S/C18H26N2O3S/c1-4-5-6-7-8-9-10-11-15(21)20-17-14(12-19)13(2)16(24-17)18(22)23-3/h4-11H2,1-3H3,(H,20,21). The highest BCUT2D eigenvalue weighted by atomic mass is 32.1. The molecule has 1 aromatic heterocycles. The van der Waals surface area contributed by atoms with Gasteiger partial charge in [0.2, 0.25) is 5.91 Å².